The lowest BCUT2D eigenvalue weighted by atomic mass is 10.1. The molecule has 0 aliphatic carbocycles. The molecule has 0 spiro atoms. The lowest BCUT2D eigenvalue weighted by Gasteiger charge is -2.25. The summed E-state index contributed by atoms with van der Waals surface area (Å²) in [5.74, 6) is 0.453. The van der Waals surface area contributed by atoms with Crippen molar-refractivity contribution < 1.29 is 10.0 Å². The predicted octanol–water partition coefficient (Wildman–Crippen LogP) is 1.91. The van der Waals surface area contributed by atoms with Crippen LogP contribution in [0.15, 0.2) is 36.5 Å². The van der Waals surface area contributed by atoms with Gasteiger partial charge in [0, 0.05) is 29.2 Å². The topological polar surface area (TPSA) is 170 Å². The molecule has 3 aromatic heterocycles. The third-order valence-corrected chi connectivity index (χ3v) is 6.77. The number of allylic oxidation sites excluding steroid dienone is 2. The van der Waals surface area contributed by atoms with Crippen molar-refractivity contribution in [1.82, 2.24) is 35.2 Å². The van der Waals surface area contributed by atoms with Gasteiger partial charge in [-0.1, -0.05) is 0 Å². The molecule has 164 valence electrons. The van der Waals surface area contributed by atoms with Crippen LogP contribution in [-0.4, -0.2) is 52.3 Å². The Balaban J connectivity index is 1.69. The number of H-pyrrole nitrogens is 2. The van der Waals surface area contributed by atoms with Crippen molar-refractivity contribution in [3.63, 3.8) is 0 Å². The van der Waals surface area contributed by atoms with Gasteiger partial charge in [0.15, 0.2) is 23.4 Å². The maximum atomic E-state index is 12.1. The first-order valence-electron chi connectivity index (χ1n) is 9.09. The molecule has 0 saturated carbocycles. The highest BCUT2D eigenvalue weighted by atomic mass is 79.9. The molecule has 0 aromatic carbocycles. The molecule has 2 aliphatic heterocycles. The van der Waals surface area contributed by atoms with E-state index in [0.717, 1.165) is 0 Å². The quantitative estimate of drug-likeness (QED) is 0.275. The summed E-state index contributed by atoms with van der Waals surface area (Å²) in [7, 11) is 0. The molecule has 3 aromatic rings. The summed E-state index contributed by atoms with van der Waals surface area (Å²) in [5.41, 5.74) is 4.63. The van der Waals surface area contributed by atoms with Crippen molar-refractivity contribution in [2.45, 2.75) is 20.1 Å². The minimum Gasteiger partial charge on any atom is -0.372 e. The maximum absolute atomic E-state index is 12.1. The van der Waals surface area contributed by atoms with Gasteiger partial charge >= 0.3 is 5.69 Å². The first kappa shape index (κ1) is 20.7. The summed E-state index contributed by atoms with van der Waals surface area (Å²) in [4.78, 5) is 32.1. The molecule has 5 heterocycles. The number of nitrogens with one attached hydrogen (secondary N) is 3. The zero-order valence-corrected chi connectivity index (χ0v) is 19.5. The Morgan fingerprint density at radius 2 is 2.06 bits per heavy atom. The third kappa shape index (κ3) is 2.82. The number of aromatic nitrogens is 5. The van der Waals surface area contributed by atoms with E-state index in [9.17, 15) is 20.0 Å². The van der Waals surface area contributed by atoms with Gasteiger partial charge < -0.3 is 5.11 Å². The number of rotatable bonds is 3. The van der Waals surface area contributed by atoms with Crippen LogP contribution in [0.5, 0.6) is 0 Å². The highest BCUT2D eigenvalue weighted by Gasteiger charge is 2.36. The van der Waals surface area contributed by atoms with E-state index in [1.807, 2.05) is 0 Å². The summed E-state index contributed by atoms with van der Waals surface area (Å²) in [6, 6.07) is 0. The highest BCUT2D eigenvalue weighted by molar-refractivity contribution is 9.11. The van der Waals surface area contributed by atoms with Crippen molar-refractivity contribution in [1.29, 1.82) is 0 Å². The van der Waals surface area contributed by atoms with Crippen LogP contribution in [0, 0.1) is 17.0 Å². The van der Waals surface area contributed by atoms with E-state index >= 15 is 0 Å². The Morgan fingerprint density at radius 3 is 2.78 bits per heavy atom. The maximum Gasteiger partial charge on any atom is 0.322 e. The molecule has 0 amide bonds. The number of hydrogen-bond donors (Lipinski definition) is 4. The van der Waals surface area contributed by atoms with Crippen molar-refractivity contribution in [2.24, 2.45) is 4.99 Å². The first-order chi connectivity index (χ1) is 15.2. The van der Waals surface area contributed by atoms with E-state index in [1.165, 1.54) is 21.9 Å². The predicted molar refractivity (Wildman–Crippen MR) is 121 cm³/mol. The number of aromatic amines is 2. The molecule has 0 radical (unpaired) electrons. The van der Waals surface area contributed by atoms with E-state index in [4.69, 9.17) is 0 Å². The number of hydrazine groups is 1. The van der Waals surface area contributed by atoms with Gasteiger partial charge in [0.05, 0.1) is 15.1 Å². The average molecular weight is 567 g/mol. The minimum atomic E-state index is -0.979. The number of aliphatic hydroxyl groups is 1. The number of nitrogens with zero attached hydrogens (tertiary/aromatic N) is 6. The van der Waals surface area contributed by atoms with E-state index in [-0.39, 0.29) is 27.1 Å². The Bertz CT molecular complexity index is 1480. The number of aliphatic imine (C=N–C) groups is 1. The standard InChI is InChI=1S/C17H13Br2N9O4/c1-5-7(3-20-14-9(18)16(29)24-26(5)14)11-13(28(31)32)12(23-22-11)8-4-21-15-10(19)17(30)25-27(15)6(8)2/h3-4,16,24,29H,1-2H3,(H,22,23)(H,25,30). The molecule has 0 bridgehead atoms. The van der Waals surface area contributed by atoms with Crippen LogP contribution in [0.2, 0.25) is 0 Å². The van der Waals surface area contributed by atoms with Gasteiger partial charge in [-0.3, -0.25) is 30.1 Å². The molecule has 32 heavy (non-hydrogen) atoms. The lowest BCUT2D eigenvalue weighted by molar-refractivity contribution is -0.384. The van der Waals surface area contributed by atoms with Crippen LogP contribution in [0.4, 0.5) is 5.69 Å². The van der Waals surface area contributed by atoms with Crippen molar-refractivity contribution in [3.05, 3.63) is 58.5 Å². The van der Waals surface area contributed by atoms with Crippen molar-refractivity contribution in [2.75, 3.05) is 0 Å². The Kier molecular flexibility index (Phi) is 4.66. The van der Waals surface area contributed by atoms with Crippen molar-refractivity contribution >= 4 is 55.0 Å². The van der Waals surface area contributed by atoms with Gasteiger partial charge in [0.1, 0.15) is 10.2 Å². The SMILES string of the molecule is CC1=C(c2[nH]nc(-c3cnc4c(Br)c(=O)[nH]n4c3C)c2[N+](=O)[O-])C=NC2=C(Br)C(O)NN12. The smallest absolute Gasteiger partial charge is 0.322 e. The fourth-order valence-corrected chi connectivity index (χ4v) is 4.40. The average Bonchev–Trinajstić information content (AvgIpc) is 3.40. The van der Waals surface area contributed by atoms with Crippen LogP contribution in [0.25, 0.3) is 22.5 Å². The summed E-state index contributed by atoms with van der Waals surface area (Å²) < 4.78 is 2.16. The second-order valence-electron chi connectivity index (χ2n) is 7.02. The van der Waals surface area contributed by atoms with Crippen LogP contribution in [0.3, 0.4) is 0 Å². The van der Waals surface area contributed by atoms with Gasteiger partial charge in [-0.25, -0.2) is 14.5 Å². The molecule has 0 fully saturated rings. The molecule has 2 aliphatic rings. The second kappa shape index (κ2) is 7.19. The number of nitro groups is 1. The van der Waals surface area contributed by atoms with Gasteiger partial charge in [-0.15, -0.1) is 0 Å². The Morgan fingerprint density at radius 1 is 1.31 bits per heavy atom. The van der Waals surface area contributed by atoms with E-state index in [0.29, 0.717) is 38.5 Å². The van der Waals surface area contributed by atoms with Crippen LogP contribution in [0.1, 0.15) is 18.3 Å². The largest absolute Gasteiger partial charge is 0.372 e. The summed E-state index contributed by atoms with van der Waals surface area (Å²) in [6.45, 7) is 3.43. The molecular formula is C17H13Br2N9O4. The number of halogens is 2. The summed E-state index contributed by atoms with van der Waals surface area (Å²) in [5, 5.41) is 33.2. The van der Waals surface area contributed by atoms with Gasteiger partial charge in [-0.2, -0.15) is 10.5 Å². The second-order valence-corrected chi connectivity index (χ2v) is 8.67. The Labute approximate surface area is 194 Å². The molecule has 1 unspecified atom stereocenters. The van der Waals surface area contributed by atoms with Gasteiger partial charge in [0.25, 0.3) is 5.56 Å². The van der Waals surface area contributed by atoms with Crippen LogP contribution in [-0.2, 0) is 0 Å². The molecule has 1 atom stereocenters. The zero-order valence-electron chi connectivity index (χ0n) is 16.3. The monoisotopic (exact) mass is 565 g/mol. The van der Waals surface area contributed by atoms with E-state index in [1.54, 1.807) is 13.8 Å². The molecule has 0 saturated heterocycles. The minimum absolute atomic E-state index is 0.0632. The molecular weight excluding hydrogens is 554 g/mol. The molecule has 4 N–H and O–H groups in total. The van der Waals surface area contributed by atoms with Gasteiger partial charge in [-0.05, 0) is 45.7 Å². The van der Waals surface area contributed by atoms with Crippen molar-refractivity contribution in [3.8, 4) is 11.3 Å². The zero-order chi connectivity index (χ0) is 22.9. The molecule has 15 heteroatoms. The van der Waals surface area contributed by atoms with E-state index < -0.39 is 11.2 Å². The lowest BCUT2D eigenvalue weighted by Crippen LogP contribution is -2.37. The highest BCUT2D eigenvalue weighted by Crippen LogP contribution is 2.39. The third-order valence-electron chi connectivity index (χ3n) is 5.27. The number of fused-ring (bicyclic) bond motifs is 2. The number of aryl methyl sites for hydroxylation is 1. The molecule has 5 rings (SSSR count). The fraction of sp³-hybridized carbons (Fsp3) is 0.176. The van der Waals surface area contributed by atoms with Gasteiger partial charge in [0.2, 0.25) is 0 Å². The molecule has 13 nitrogen and oxygen atoms in total. The van der Waals surface area contributed by atoms with Crippen LogP contribution >= 0.6 is 31.9 Å². The number of hydrogen-bond acceptors (Lipinski definition) is 9. The normalized spacial score (nSPS) is 18.3. The van der Waals surface area contributed by atoms with E-state index in [2.05, 4.69) is 62.6 Å². The fourth-order valence-electron chi connectivity index (χ4n) is 3.65. The number of aliphatic hydroxyl groups excluding tert-OH is 1. The summed E-state index contributed by atoms with van der Waals surface area (Å²) in [6.07, 6.45) is 1.93. The first-order valence-corrected chi connectivity index (χ1v) is 10.7. The Hall–Kier alpha value is -3.14. The van der Waals surface area contributed by atoms with Crippen LogP contribution < -0.4 is 11.0 Å². The summed E-state index contributed by atoms with van der Waals surface area (Å²) >= 11 is 6.46.